The van der Waals surface area contributed by atoms with Crippen molar-refractivity contribution in [3.05, 3.63) is 35.9 Å². The van der Waals surface area contributed by atoms with Gasteiger partial charge in [-0.25, -0.2) is 0 Å². The molecule has 2 aromatic rings. The average Bonchev–Trinajstić information content (AvgIpc) is 2.76. The quantitative estimate of drug-likeness (QED) is 0.289. The third-order valence-corrected chi connectivity index (χ3v) is 6.21. The van der Waals surface area contributed by atoms with Crippen LogP contribution in [0.25, 0.3) is 10.8 Å². The van der Waals surface area contributed by atoms with Crippen molar-refractivity contribution in [1.82, 2.24) is 0 Å². The van der Waals surface area contributed by atoms with Crippen LogP contribution in [0, 0.1) is 11.8 Å². The van der Waals surface area contributed by atoms with Gasteiger partial charge in [-0.05, 0) is 42.7 Å². The molecule has 0 saturated carbocycles. The number of fused-ring (bicyclic) bond motifs is 1. The van der Waals surface area contributed by atoms with E-state index in [1.54, 1.807) is 0 Å². The molecule has 2 unspecified atom stereocenters. The summed E-state index contributed by atoms with van der Waals surface area (Å²) in [5.41, 5.74) is 1.23. The first-order chi connectivity index (χ1) is 14.2. The zero-order valence-electron chi connectivity index (χ0n) is 18.8. The van der Waals surface area contributed by atoms with E-state index in [2.05, 4.69) is 58.0 Å². The molecule has 3 heteroatoms. The molecule has 0 aromatic heterocycles. The molecule has 0 aliphatic carbocycles. The summed E-state index contributed by atoms with van der Waals surface area (Å²) in [6.45, 7) is 10.4. The van der Waals surface area contributed by atoms with Crippen LogP contribution >= 0.6 is 11.6 Å². The number of ether oxygens (including phenoxy) is 2. The van der Waals surface area contributed by atoms with Crippen molar-refractivity contribution in [3.8, 4) is 11.5 Å². The molecule has 0 saturated heterocycles. The molecule has 2 atom stereocenters. The Balaban J connectivity index is 2.28. The van der Waals surface area contributed by atoms with Crippen LogP contribution in [-0.4, -0.2) is 19.1 Å². The third kappa shape index (κ3) is 6.81. The molecular weight excluding hydrogens is 380 g/mol. The molecule has 0 aliphatic rings. The van der Waals surface area contributed by atoms with Gasteiger partial charge in [0.2, 0.25) is 0 Å². The van der Waals surface area contributed by atoms with Gasteiger partial charge in [0.1, 0.15) is 11.5 Å². The van der Waals surface area contributed by atoms with Crippen LogP contribution in [0.2, 0.25) is 0 Å². The Kier molecular flexibility index (Phi) is 10.7. The standard InChI is InChI=1S/C26H39ClO2/c1-5-9-12-20(6-2)19-29-26-22(8-4)17-25(23-13-10-11-14-24(23)26)28-18-21(7-3)15-16-27/h10-11,13-14,17,20-21H,5-9,12,15-16,18-19H2,1-4H3. The second-order valence-corrected chi connectivity index (χ2v) is 8.43. The summed E-state index contributed by atoms with van der Waals surface area (Å²) in [4.78, 5) is 0. The number of aryl methyl sites for hydroxylation is 1. The second-order valence-electron chi connectivity index (χ2n) is 8.05. The number of unbranched alkanes of at least 4 members (excludes halogenated alkanes) is 1. The Morgan fingerprint density at radius 1 is 0.862 bits per heavy atom. The summed E-state index contributed by atoms with van der Waals surface area (Å²) >= 11 is 5.95. The molecule has 0 radical (unpaired) electrons. The third-order valence-electron chi connectivity index (χ3n) is 5.99. The predicted octanol–water partition coefficient (Wildman–Crippen LogP) is 8.03. The van der Waals surface area contributed by atoms with Crippen LogP contribution in [0.5, 0.6) is 11.5 Å². The number of halogens is 1. The van der Waals surface area contributed by atoms with Gasteiger partial charge in [0, 0.05) is 16.7 Å². The molecule has 0 bridgehead atoms. The lowest BCUT2D eigenvalue weighted by atomic mass is 9.99. The molecule has 0 N–H and O–H groups in total. The number of hydrogen-bond donors (Lipinski definition) is 0. The van der Waals surface area contributed by atoms with Crippen molar-refractivity contribution in [3.63, 3.8) is 0 Å². The fourth-order valence-corrected chi connectivity index (χ4v) is 4.10. The molecule has 2 rings (SSSR count). The maximum atomic E-state index is 6.46. The first kappa shape index (κ1) is 23.9. The largest absolute Gasteiger partial charge is 0.493 e. The van der Waals surface area contributed by atoms with Crippen LogP contribution < -0.4 is 9.47 Å². The van der Waals surface area contributed by atoms with Gasteiger partial charge in [0.25, 0.3) is 0 Å². The maximum absolute atomic E-state index is 6.46. The summed E-state index contributed by atoms with van der Waals surface area (Å²) in [7, 11) is 0. The molecule has 0 amide bonds. The molecule has 0 aliphatic heterocycles. The zero-order valence-corrected chi connectivity index (χ0v) is 19.6. The maximum Gasteiger partial charge on any atom is 0.130 e. The lowest BCUT2D eigenvalue weighted by Gasteiger charge is -2.21. The van der Waals surface area contributed by atoms with Crippen molar-refractivity contribution in [2.45, 2.75) is 72.6 Å². The van der Waals surface area contributed by atoms with Crippen molar-refractivity contribution in [1.29, 1.82) is 0 Å². The highest BCUT2D eigenvalue weighted by Gasteiger charge is 2.16. The van der Waals surface area contributed by atoms with Crippen LogP contribution in [0.15, 0.2) is 30.3 Å². The molecule has 2 aromatic carbocycles. The Morgan fingerprint density at radius 2 is 1.52 bits per heavy atom. The molecule has 2 nitrogen and oxygen atoms in total. The Bertz CT molecular complexity index is 728. The molecule has 162 valence electrons. The monoisotopic (exact) mass is 418 g/mol. The minimum Gasteiger partial charge on any atom is -0.493 e. The highest BCUT2D eigenvalue weighted by atomic mass is 35.5. The zero-order chi connectivity index (χ0) is 21.1. The molecular formula is C26H39ClO2. The van der Waals surface area contributed by atoms with E-state index >= 15 is 0 Å². The highest BCUT2D eigenvalue weighted by molar-refractivity contribution is 6.17. The van der Waals surface area contributed by atoms with E-state index in [4.69, 9.17) is 21.1 Å². The Morgan fingerprint density at radius 3 is 2.14 bits per heavy atom. The average molecular weight is 419 g/mol. The number of rotatable bonds is 14. The fraction of sp³-hybridized carbons (Fsp3) is 0.615. The van der Waals surface area contributed by atoms with Gasteiger partial charge in [-0.15, -0.1) is 11.6 Å². The van der Waals surface area contributed by atoms with E-state index < -0.39 is 0 Å². The van der Waals surface area contributed by atoms with E-state index in [-0.39, 0.29) is 0 Å². The molecule has 0 spiro atoms. The van der Waals surface area contributed by atoms with Crippen molar-refractivity contribution < 1.29 is 9.47 Å². The molecule has 29 heavy (non-hydrogen) atoms. The topological polar surface area (TPSA) is 18.5 Å². The predicted molar refractivity (Wildman–Crippen MR) is 127 cm³/mol. The van der Waals surface area contributed by atoms with Gasteiger partial charge in [0.05, 0.1) is 13.2 Å². The summed E-state index contributed by atoms with van der Waals surface area (Å²) < 4.78 is 12.8. The smallest absolute Gasteiger partial charge is 0.130 e. The van der Waals surface area contributed by atoms with Gasteiger partial charge < -0.3 is 9.47 Å². The fourth-order valence-electron chi connectivity index (χ4n) is 3.79. The highest BCUT2D eigenvalue weighted by Crippen LogP contribution is 2.38. The van der Waals surface area contributed by atoms with Crippen LogP contribution in [-0.2, 0) is 6.42 Å². The van der Waals surface area contributed by atoms with Crippen molar-refractivity contribution in [2.75, 3.05) is 19.1 Å². The van der Waals surface area contributed by atoms with Gasteiger partial charge >= 0.3 is 0 Å². The van der Waals surface area contributed by atoms with Crippen LogP contribution in [0.4, 0.5) is 0 Å². The van der Waals surface area contributed by atoms with Gasteiger partial charge in [-0.2, -0.15) is 0 Å². The second kappa shape index (κ2) is 13.0. The number of alkyl halides is 1. The van der Waals surface area contributed by atoms with E-state index in [0.29, 0.717) is 24.3 Å². The first-order valence-electron chi connectivity index (χ1n) is 11.5. The van der Waals surface area contributed by atoms with Gasteiger partial charge in [-0.3, -0.25) is 0 Å². The summed E-state index contributed by atoms with van der Waals surface area (Å²) in [6.07, 6.45) is 7.94. The first-order valence-corrected chi connectivity index (χ1v) is 12.1. The van der Waals surface area contributed by atoms with Crippen LogP contribution in [0.1, 0.15) is 71.8 Å². The Hall–Kier alpha value is -1.41. The molecule has 0 fully saturated rings. The number of hydrogen-bond acceptors (Lipinski definition) is 2. The van der Waals surface area contributed by atoms with E-state index in [0.717, 1.165) is 48.1 Å². The van der Waals surface area contributed by atoms with Gasteiger partial charge in [0.15, 0.2) is 0 Å². The lowest BCUT2D eigenvalue weighted by molar-refractivity contribution is 0.232. The van der Waals surface area contributed by atoms with Crippen molar-refractivity contribution >= 4 is 22.4 Å². The van der Waals surface area contributed by atoms with E-state index in [9.17, 15) is 0 Å². The normalized spacial score (nSPS) is 13.4. The van der Waals surface area contributed by atoms with E-state index in [1.807, 2.05) is 0 Å². The van der Waals surface area contributed by atoms with Gasteiger partial charge in [-0.1, -0.05) is 77.6 Å². The minimum absolute atomic E-state index is 0.496. The molecule has 0 heterocycles. The SMILES string of the molecule is CCCCC(CC)COc1c(CC)cc(OCC(CC)CCCl)c2ccccc12. The Labute approximate surface area is 182 Å². The lowest BCUT2D eigenvalue weighted by Crippen LogP contribution is -2.14. The van der Waals surface area contributed by atoms with Crippen LogP contribution in [0.3, 0.4) is 0 Å². The summed E-state index contributed by atoms with van der Waals surface area (Å²) in [5, 5.41) is 2.31. The summed E-state index contributed by atoms with van der Waals surface area (Å²) in [5.74, 6) is 3.81. The number of benzene rings is 2. The minimum atomic E-state index is 0.496. The van der Waals surface area contributed by atoms with E-state index in [1.165, 1.54) is 31.2 Å². The van der Waals surface area contributed by atoms with Crippen molar-refractivity contribution in [2.24, 2.45) is 11.8 Å². The summed E-state index contributed by atoms with van der Waals surface area (Å²) in [6, 6.07) is 10.7.